The fourth-order valence-corrected chi connectivity index (χ4v) is 3.70. The van der Waals surface area contributed by atoms with Crippen molar-refractivity contribution >= 4 is 27.3 Å². The molecule has 0 aliphatic rings. The fraction of sp³-hybridized carbons (Fsp3) is 0.0870. The van der Waals surface area contributed by atoms with Gasteiger partial charge >= 0.3 is 0 Å². The molecule has 6 nitrogen and oxygen atoms in total. The first-order valence-electron chi connectivity index (χ1n) is 9.22. The molecule has 1 amide bonds. The average molecular weight is 423 g/mol. The molecular weight excluding hydrogens is 400 g/mol. The molecule has 0 atom stereocenters. The fourth-order valence-electron chi connectivity index (χ4n) is 2.64. The second-order valence-corrected chi connectivity index (χ2v) is 8.26. The highest BCUT2D eigenvalue weighted by Crippen LogP contribution is 2.20. The van der Waals surface area contributed by atoms with E-state index in [1.807, 2.05) is 19.1 Å². The van der Waals surface area contributed by atoms with Gasteiger partial charge in [-0.2, -0.15) is 0 Å². The van der Waals surface area contributed by atoms with Gasteiger partial charge in [-0.15, -0.1) is 0 Å². The Balaban J connectivity index is 1.69. The summed E-state index contributed by atoms with van der Waals surface area (Å²) < 4.78 is 33.1. The topological polar surface area (TPSA) is 84.5 Å². The molecular formula is C23H22N2O4S. The van der Waals surface area contributed by atoms with Crippen molar-refractivity contribution in [2.24, 2.45) is 0 Å². The molecule has 7 heteroatoms. The number of anilines is 2. The Morgan fingerprint density at radius 1 is 1.00 bits per heavy atom. The summed E-state index contributed by atoms with van der Waals surface area (Å²) in [4.78, 5) is 12.6. The molecule has 0 bridgehead atoms. The predicted octanol–water partition coefficient (Wildman–Crippen LogP) is 4.61. The number of carbonyl (C=O) groups is 1. The van der Waals surface area contributed by atoms with Gasteiger partial charge < -0.3 is 10.1 Å². The molecule has 0 aliphatic carbocycles. The predicted molar refractivity (Wildman–Crippen MR) is 119 cm³/mol. The molecule has 3 rings (SSSR count). The highest BCUT2D eigenvalue weighted by molar-refractivity contribution is 7.92. The van der Waals surface area contributed by atoms with E-state index < -0.39 is 10.0 Å². The van der Waals surface area contributed by atoms with Crippen molar-refractivity contribution < 1.29 is 17.9 Å². The quantitative estimate of drug-likeness (QED) is 0.519. The van der Waals surface area contributed by atoms with Crippen LogP contribution in [0, 0.1) is 6.92 Å². The molecule has 0 saturated heterocycles. The second kappa shape index (κ2) is 9.28. The van der Waals surface area contributed by atoms with Gasteiger partial charge in [0.25, 0.3) is 15.9 Å². The van der Waals surface area contributed by atoms with Crippen LogP contribution in [-0.4, -0.2) is 20.9 Å². The van der Waals surface area contributed by atoms with Crippen molar-refractivity contribution in [1.82, 2.24) is 0 Å². The minimum absolute atomic E-state index is 0.0689. The number of ether oxygens (including phenoxy) is 1. The average Bonchev–Trinajstić information content (AvgIpc) is 2.74. The second-order valence-electron chi connectivity index (χ2n) is 6.58. The number of benzene rings is 3. The van der Waals surface area contributed by atoms with Crippen LogP contribution in [0.4, 0.5) is 11.4 Å². The summed E-state index contributed by atoms with van der Waals surface area (Å²) in [5, 5.41) is 2.77. The van der Waals surface area contributed by atoms with Crippen LogP contribution in [0.1, 0.15) is 15.9 Å². The van der Waals surface area contributed by atoms with Crippen LogP contribution in [0.25, 0.3) is 0 Å². The number of rotatable bonds is 8. The number of hydrogen-bond acceptors (Lipinski definition) is 4. The Hall–Kier alpha value is -3.58. The first-order chi connectivity index (χ1) is 14.4. The van der Waals surface area contributed by atoms with Crippen LogP contribution in [0.15, 0.2) is 90.3 Å². The van der Waals surface area contributed by atoms with Gasteiger partial charge in [0.05, 0.1) is 4.90 Å². The standard InChI is InChI=1S/C23H22N2O4S/c1-3-15-29-21-6-4-5-20(16-21)24-23(26)18-9-13-22(14-10-18)30(27,28)25-19-11-7-17(2)8-12-19/h3-14,16,25H,1,15H2,2H3,(H,24,26). The minimum Gasteiger partial charge on any atom is -0.489 e. The number of hydrogen-bond donors (Lipinski definition) is 2. The Morgan fingerprint density at radius 3 is 2.37 bits per heavy atom. The zero-order valence-corrected chi connectivity index (χ0v) is 17.3. The van der Waals surface area contributed by atoms with Gasteiger partial charge in [0, 0.05) is 23.0 Å². The van der Waals surface area contributed by atoms with Crippen LogP contribution in [0.3, 0.4) is 0 Å². The van der Waals surface area contributed by atoms with Crippen molar-refractivity contribution in [1.29, 1.82) is 0 Å². The van der Waals surface area contributed by atoms with Crippen molar-refractivity contribution in [2.45, 2.75) is 11.8 Å². The van der Waals surface area contributed by atoms with Gasteiger partial charge in [-0.05, 0) is 55.5 Å². The van der Waals surface area contributed by atoms with Crippen LogP contribution in [-0.2, 0) is 10.0 Å². The Kier molecular flexibility index (Phi) is 6.54. The molecule has 154 valence electrons. The van der Waals surface area contributed by atoms with Gasteiger partial charge in [0.1, 0.15) is 12.4 Å². The summed E-state index contributed by atoms with van der Waals surface area (Å²) in [7, 11) is -3.75. The summed E-state index contributed by atoms with van der Waals surface area (Å²) in [6.07, 6.45) is 1.63. The highest BCUT2D eigenvalue weighted by atomic mass is 32.2. The lowest BCUT2D eigenvalue weighted by Crippen LogP contribution is -2.15. The smallest absolute Gasteiger partial charge is 0.261 e. The molecule has 0 fully saturated rings. The lowest BCUT2D eigenvalue weighted by atomic mass is 10.2. The maximum Gasteiger partial charge on any atom is 0.261 e. The van der Waals surface area contributed by atoms with E-state index >= 15 is 0 Å². The van der Waals surface area contributed by atoms with Crippen LogP contribution >= 0.6 is 0 Å². The Morgan fingerprint density at radius 2 is 1.70 bits per heavy atom. The van der Waals surface area contributed by atoms with Gasteiger partial charge in [-0.3, -0.25) is 9.52 Å². The maximum atomic E-state index is 12.5. The summed E-state index contributed by atoms with van der Waals surface area (Å²) >= 11 is 0. The largest absolute Gasteiger partial charge is 0.489 e. The Labute approximate surface area is 176 Å². The van der Waals surface area contributed by atoms with Crippen LogP contribution < -0.4 is 14.8 Å². The van der Waals surface area contributed by atoms with E-state index in [9.17, 15) is 13.2 Å². The summed E-state index contributed by atoms with van der Waals surface area (Å²) in [5.74, 6) is 0.252. The van der Waals surface area contributed by atoms with E-state index in [0.29, 0.717) is 29.3 Å². The number of aryl methyl sites for hydroxylation is 1. The SMILES string of the molecule is C=CCOc1cccc(NC(=O)c2ccc(S(=O)(=O)Nc3ccc(C)cc3)cc2)c1. The molecule has 2 N–H and O–H groups in total. The number of sulfonamides is 1. The van der Waals surface area contributed by atoms with E-state index in [0.717, 1.165) is 5.56 Å². The third kappa shape index (κ3) is 5.48. The number of carbonyl (C=O) groups excluding carboxylic acids is 1. The normalized spacial score (nSPS) is 10.8. The molecule has 0 heterocycles. The van der Waals surface area contributed by atoms with E-state index in [-0.39, 0.29) is 10.8 Å². The van der Waals surface area contributed by atoms with Crippen molar-refractivity contribution in [2.75, 3.05) is 16.6 Å². The van der Waals surface area contributed by atoms with E-state index in [1.54, 1.807) is 42.5 Å². The number of amides is 1. The molecule has 0 spiro atoms. The van der Waals surface area contributed by atoms with Gasteiger partial charge in [-0.1, -0.05) is 36.4 Å². The van der Waals surface area contributed by atoms with Crippen molar-refractivity contribution in [3.8, 4) is 5.75 Å². The summed E-state index contributed by atoms with van der Waals surface area (Å²) in [5.41, 5.74) is 2.41. The molecule has 3 aromatic rings. The molecule has 0 radical (unpaired) electrons. The third-order valence-electron chi connectivity index (χ3n) is 4.19. The van der Waals surface area contributed by atoms with E-state index in [2.05, 4.69) is 16.6 Å². The molecule has 30 heavy (non-hydrogen) atoms. The zero-order valence-electron chi connectivity index (χ0n) is 16.5. The lowest BCUT2D eigenvalue weighted by molar-refractivity contribution is 0.102. The maximum absolute atomic E-state index is 12.5. The van der Waals surface area contributed by atoms with Gasteiger partial charge in [-0.25, -0.2) is 8.42 Å². The lowest BCUT2D eigenvalue weighted by Gasteiger charge is -2.10. The summed E-state index contributed by atoms with van der Waals surface area (Å²) in [6.45, 7) is 5.88. The molecule has 0 aliphatic heterocycles. The summed E-state index contributed by atoms with van der Waals surface area (Å²) in [6, 6.07) is 19.8. The van der Waals surface area contributed by atoms with Gasteiger partial charge in [0.2, 0.25) is 0 Å². The molecule has 0 unspecified atom stereocenters. The number of nitrogens with one attached hydrogen (secondary N) is 2. The van der Waals surface area contributed by atoms with E-state index in [4.69, 9.17) is 4.74 Å². The van der Waals surface area contributed by atoms with Crippen LogP contribution in [0.2, 0.25) is 0 Å². The van der Waals surface area contributed by atoms with E-state index in [1.165, 1.54) is 24.3 Å². The first-order valence-corrected chi connectivity index (χ1v) is 10.7. The molecule has 0 aromatic heterocycles. The molecule has 0 saturated carbocycles. The van der Waals surface area contributed by atoms with Crippen molar-refractivity contribution in [3.05, 3.63) is 96.6 Å². The molecule has 3 aromatic carbocycles. The Bertz CT molecular complexity index is 1140. The first kappa shape index (κ1) is 21.1. The zero-order chi connectivity index (χ0) is 21.6. The van der Waals surface area contributed by atoms with Crippen LogP contribution in [0.5, 0.6) is 5.75 Å². The minimum atomic E-state index is -3.75. The monoisotopic (exact) mass is 422 g/mol. The van der Waals surface area contributed by atoms with Crippen molar-refractivity contribution in [3.63, 3.8) is 0 Å². The van der Waals surface area contributed by atoms with Gasteiger partial charge in [0.15, 0.2) is 0 Å². The highest BCUT2D eigenvalue weighted by Gasteiger charge is 2.15. The third-order valence-corrected chi connectivity index (χ3v) is 5.59.